The maximum absolute atomic E-state index is 13.3. The van der Waals surface area contributed by atoms with Gasteiger partial charge in [0.2, 0.25) is 0 Å². The van der Waals surface area contributed by atoms with Crippen LogP contribution in [0.25, 0.3) is 0 Å². The first-order valence-corrected chi connectivity index (χ1v) is 20.8. The molecule has 2 aliphatic heterocycles. The minimum absolute atomic E-state index is 0.655. The van der Waals surface area contributed by atoms with Crippen molar-refractivity contribution in [3.05, 3.63) is 130 Å². The van der Waals surface area contributed by atoms with Gasteiger partial charge in [0.05, 0.1) is 105 Å². The van der Waals surface area contributed by atoms with Crippen molar-refractivity contribution in [1.29, 1.82) is 0 Å². The number of anilines is 4. The zero-order valence-electron chi connectivity index (χ0n) is 30.2. The van der Waals surface area contributed by atoms with Crippen molar-refractivity contribution in [2.75, 3.05) is 64.2 Å². The van der Waals surface area contributed by atoms with Gasteiger partial charge in [-0.05, 0) is 60.7 Å². The van der Waals surface area contributed by atoms with Gasteiger partial charge < -0.3 is 18.8 Å². The first-order chi connectivity index (χ1) is 24.9. The Balaban J connectivity index is 0.940. The van der Waals surface area contributed by atoms with Gasteiger partial charge in [0, 0.05) is 47.1 Å². The molecule has 0 amide bonds. The maximum Gasteiger partial charge on any atom is 0.104 e. The summed E-state index contributed by atoms with van der Waals surface area (Å²) < 4.78 is 28.4. The Hall–Kier alpha value is -3.50. The zero-order valence-corrected chi connectivity index (χ0v) is 33.4. The van der Waals surface area contributed by atoms with Crippen molar-refractivity contribution in [2.24, 2.45) is 0 Å². The number of hydrogen-bond acceptors (Lipinski definition) is 4. The number of quaternary nitrogens is 2. The van der Waals surface area contributed by atoms with Crippen molar-refractivity contribution in [2.45, 2.75) is 45.5 Å². The summed E-state index contributed by atoms with van der Waals surface area (Å²) in [5.41, 5.74) is 6.54. The van der Waals surface area contributed by atoms with Crippen LogP contribution in [0, 0.1) is 0 Å². The molecule has 5 aromatic rings. The largest absolute Gasteiger partial charge is 0.339 e. The third-order valence-corrected chi connectivity index (χ3v) is 13.5. The molecule has 0 spiro atoms. The molecular weight excluding hydrogens is 728 g/mol. The van der Waals surface area contributed by atoms with Crippen LogP contribution in [-0.2, 0) is 34.7 Å². The highest BCUT2D eigenvalue weighted by Crippen LogP contribution is 2.44. The van der Waals surface area contributed by atoms with Gasteiger partial charge in [0.1, 0.15) is 13.1 Å². The van der Waals surface area contributed by atoms with Crippen LogP contribution in [0.1, 0.15) is 24.0 Å². The number of fused-ring (bicyclic) bond motifs is 4. The van der Waals surface area contributed by atoms with Crippen molar-refractivity contribution < 1.29 is 17.4 Å². The summed E-state index contributed by atoms with van der Waals surface area (Å²) >= 11 is 12.8. The third kappa shape index (κ3) is 7.88. The van der Waals surface area contributed by atoms with Crippen LogP contribution in [-0.4, -0.2) is 71.8 Å². The van der Waals surface area contributed by atoms with E-state index < -0.39 is 21.6 Å². The molecule has 7 rings (SSSR count). The van der Waals surface area contributed by atoms with Crippen molar-refractivity contribution in [1.82, 2.24) is 0 Å². The first kappa shape index (κ1) is 36.8. The molecule has 2 heterocycles. The molecule has 0 fully saturated rings. The van der Waals surface area contributed by atoms with E-state index in [-0.39, 0.29) is 0 Å². The molecule has 0 N–H and O–H groups in total. The molecule has 5 aromatic carbocycles. The molecule has 2 atom stereocenters. The Morgan fingerprint density at radius 2 is 0.865 bits per heavy atom. The second-order valence-corrected chi connectivity index (χ2v) is 18.9. The van der Waals surface area contributed by atoms with E-state index >= 15 is 0 Å². The smallest absolute Gasteiger partial charge is 0.104 e. The van der Waals surface area contributed by atoms with Gasteiger partial charge in [0.15, 0.2) is 0 Å². The van der Waals surface area contributed by atoms with Crippen LogP contribution in [0.3, 0.4) is 0 Å². The molecule has 10 heteroatoms. The maximum atomic E-state index is 13.3. The molecule has 2 aliphatic rings. The van der Waals surface area contributed by atoms with Crippen LogP contribution < -0.4 is 9.80 Å². The Labute approximate surface area is 323 Å². The highest BCUT2D eigenvalue weighted by atomic mass is 35.5. The highest BCUT2D eigenvalue weighted by molar-refractivity contribution is 7.85. The third-order valence-electron chi connectivity index (χ3n) is 10.1. The van der Waals surface area contributed by atoms with Crippen LogP contribution >= 0.6 is 23.2 Å². The number of hydrogen-bond donors (Lipinski definition) is 0. The molecule has 270 valence electrons. The lowest BCUT2D eigenvalue weighted by Gasteiger charge is -2.35. The fraction of sp³-hybridized carbons (Fsp3) is 0.286. The van der Waals surface area contributed by atoms with Crippen LogP contribution in [0.15, 0.2) is 129 Å². The molecular formula is C42H46Cl2N4O2S2+2. The Kier molecular flexibility index (Phi) is 10.7. The summed E-state index contributed by atoms with van der Waals surface area (Å²) in [6.07, 6.45) is 1.95. The lowest BCUT2D eigenvalue weighted by atomic mass is 10.1. The number of rotatable bonds is 12. The van der Waals surface area contributed by atoms with Gasteiger partial charge in [0.25, 0.3) is 0 Å². The lowest BCUT2D eigenvalue weighted by Crippen LogP contribution is -2.41. The number of benzene rings is 5. The lowest BCUT2D eigenvalue weighted by molar-refractivity contribution is -0.904. The van der Waals surface area contributed by atoms with Crippen molar-refractivity contribution >= 4 is 67.6 Å². The SMILES string of the molecule is C[N+](C)(CCCN1c2ccccc2S(=O)c2ccc(Cl)cc21)Cc1ccc(C[N+](C)(C)CCCN2c3ccccc3S(=O)c3ccc(Cl)cc32)cc1. The van der Waals surface area contributed by atoms with Crippen LogP contribution in [0.5, 0.6) is 0 Å². The second kappa shape index (κ2) is 15.1. The van der Waals surface area contributed by atoms with Gasteiger partial charge in [-0.25, -0.2) is 8.42 Å². The summed E-state index contributed by atoms with van der Waals surface area (Å²) in [5.74, 6) is 0. The quantitative estimate of drug-likeness (QED) is 0.119. The number of halogens is 2. The topological polar surface area (TPSA) is 40.6 Å². The minimum Gasteiger partial charge on any atom is -0.339 e. The van der Waals surface area contributed by atoms with E-state index in [1.165, 1.54) is 11.1 Å². The molecule has 52 heavy (non-hydrogen) atoms. The average Bonchev–Trinajstić information content (AvgIpc) is 3.11. The monoisotopic (exact) mass is 772 g/mol. The molecule has 2 unspecified atom stereocenters. The van der Waals surface area contributed by atoms with E-state index in [0.717, 1.165) is 103 Å². The fourth-order valence-electron chi connectivity index (χ4n) is 7.58. The number of nitrogens with zero attached hydrogens (tertiary/aromatic N) is 4. The predicted octanol–water partition coefficient (Wildman–Crippen LogP) is 9.56. The summed E-state index contributed by atoms with van der Waals surface area (Å²) in [6, 6.07) is 36.5. The Morgan fingerprint density at radius 3 is 1.27 bits per heavy atom. The minimum atomic E-state index is -1.22. The van der Waals surface area contributed by atoms with E-state index in [2.05, 4.69) is 74.4 Å². The van der Waals surface area contributed by atoms with E-state index in [9.17, 15) is 8.42 Å². The molecule has 0 saturated heterocycles. The van der Waals surface area contributed by atoms with E-state index in [0.29, 0.717) is 10.0 Å². The van der Waals surface area contributed by atoms with Gasteiger partial charge in [-0.1, -0.05) is 71.7 Å². The summed E-state index contributed by atoms with van der Waals surface area (Å²) in [4.78, 5) is 7.93. The highest BCUT2D eigenvalue weighted by Gasteiger charge is 2.30. The first-order valence-electron chi connectivity index (χ1n) is 17.8. The summed E-state index contributed by atoms with van der Waals surface area (Å²) in [6.45, 7) is 5.51. The molecule has 0 aliphatic carbocycles. The Morgan fingerprint density at radius 1 is 0.500 bits per heavy atom. The average molecular weight is 774 g/mol. The molecule has 0 saturated carbocycles. The van der Waals surface area contributed by atoms with Gasteiger partial charge in [-0.3, -0.25) is 0 Å². The molecule has 0 bridgehead atoms. The standard InChI is InChI=1S/C42H46Cl2N4O2S2/c1-47(2,25-9-23-45-35-11-5-7-13-39(35)51(49)41-21-19-33(43)27-37(41)45)29-31-15-17-32(18-16-31)30-48(3,4)26-10-24-46-36-12-6-8-14-40(36)52(50)42-22-20-34(44)28-38(42)46/h5-8,11-22,27-28H,9-10,23-26,29-30H2,1-4H3/q+2. The van der Waals surface area contributed by atoms with Gasteiger partial charge in [-0.15, -0.1) is 0 Å². The zero-order chi connectivity index (χ0) is 36.6. The van der Waals surface area contributed by atoms with E-state index in [1.807, 2.05) is 72.8 Å². The molecule has 0 radical (unpaired) electrons. The van der Waals surface area contributed by atoms with Gasteiger partial charge >= 0.3 is 0 Å². The number of para-hydroxylation sites is 2. The van der Waals surface area contributed by atoms with Crippen molar-refractivity contribution in [3.8, 4) is 0 Å². The van der Waals surface area contributed by atoms with E-state index in [1.54, 1.807) is 0 Å². The Bertz CT molecular complexity index is 2000. The predicted molar refractivity (Wildman–Crippen MR) is 216 cm³/mol. The van der Waals surface area contributed by atoms with Crippen LogP contribution in [0.4, 0.5) is 22.7 Å². The molecule has 6 nitrogen and oxygen atoms in total. The van der Waals surface area contributed by atoms with E-state index in [4.69, 9.17) is 23.2 Å². The fourth-order valence-corrected chi connectivity index (χ4v) is 10.6. The normalized spacial score (nSPS) is 16.6. The van der Waals surface area contributed by atoms with Gasteiger partial charge in [-0.2, -0.15) is 0 Å². The summed E-state index contributed by atoms with van der Waals surface area (Å²) in [7, 11) is 6.74. The second-order valence-electron chi connectivity index (χ2n) is 15.2. The molecule has 0 aromatic heterocycles. The summed E-state index contributed by atoms with van der Waals surface area (Å²) in [5, 5.41) is 1.31. The van der Waals surface area contributed by atoms with Crippen LogP contribution in [0.2, 0.25) is 10.0 Å². The van der Waals surface area contributed by atoms with Crippen molar-refractivity contribution in [3.63, 3.8) is 0 Å².